The highest BCUT2D eigenvalue weighted by Gasteiger charge is 2.37. The van der Waals surface area contributed by atoms with Crippen molar-refractivity contribution < 1.29 is 24.0 Å². The van der Waals surface area contributed by atoms with Gasteiger partial charge in [-0.25, -0.2) is 9.69 Å². The second-order valence-electron chi connectivity index (χ2n) is 7.46. The van der Waals surface area contributed by atoms with Crippen LogP contribution in [0.25, 0.3) is 6.08 Å². The van der Waals surface area contributed by atoms with Crippen LogP contribution in [0.5, 0.6) is 5.75 Å². The number of halogens is 2. The smallest absolute Gasteiger partial charge is 0.335 e. The number of imide groups is 2. The number of hydrogen-bond donors (Lipinski definition) is 1. The SMILES string of the molecule is CCCCCCOc1c(Cl)cc(/C=C2/C(=O)NC(=O)N(c3cccc([N+](=O)[O-])c3)C2=O)cc1Cl. The summed E-state index contributed by atoms with van der Waals surface area (Å²) in [5.74, 6) is -1.56. The third kappa shape index (κ3) is 5.73. The number of hydrogen-bond acceptors (Lipinski definition) is 6. The van der Waals surface area contributed by atoms with Gasteiger partial charge in [0.25, 0.3) is 17.5 Å². The Balaban J connectivity index is 1.87. The Hall–Kier alpha value is -3.43. The average molecular weight is 506 g/mol. The number of carbonyl (C=O) groups excluding carboxylic acids is 3. The molecule has 1 aliphatic heterocycles. The first-order chi connectivity index (χ1) is 16.2. The van der Waals surface area contributed by atoms with Crippen LogP contribution in [0, 0.1) is 10.1 Å². The number of ether oxygens (including phenoxy) is 1. The van der Waals surface area contributed by atoms with Crippen LogP contribution in [0.4, 0.5) is 16.2 Å². The number of carbonyl (C=O) groups is 3. The molecule has 178 valence electrons. The van der Waals surface area contributed by atoms with E-state index in [1.807, 2.05) is 0 Å². The fraction of sp³-hybridized carbons (Fsp3) is 0.261. The second kappa shape index (κ2) is 11.1. The van der Waals surface area contributed by atoms with Gasteiger partial charge >= 0.3 is 6.03 Å². The molecule has 2 aromatic carbocycles. The fourth-order valence-corrected chi connectivity index (χ4v) is 3.92. The van der Waals surface area contributed by atoms with E-state index in [1.54, 1.807) is 0 Å². The molecule has 3 rings (SSSR count). The molecule has 0 unspecified atom stereocenters. The van der Waals surface area contributed by atoms with Gasteiger partial charge in [0, 0.05) is 12.1 Å². The number of non-ortho nitro benzene ring substituents is 1. The molecule has 1 fully saturated rings. The summed E-state index contributed by atoms with van der Waals surface area (Å²) in [6.45, 7) is 2.55. The average Bonchev–Trinajstić information content (AvgIpc) is 2.78. The van der Waals surface area contributed by atoms with Crippen molar-refractivity contribution in [1.29, 1.82) is 0 Å². The largest absolute Gasteiger partial charge is 0.490 e. The van der Waals surface area contributed by atoms with Gasteiger partial charge in [0.1, 0.15) is 5.57 Å². The molecule has 0 radical (unpaired) electrons. The van der Waals surface area contributed by atoms with Gasteiger partial charge in [0.05, 0.1) is 27.3 Å². The van der Waals surface area contributed by atoms with Gasteiger partial charge in [0.15, 0.2) is 5.75 Å². The molecular weight excluding hydrogens is 485 g/mol. The summed E-state index contributed by atoms with van der Waals surface area (Å²) in [6, 6.07) is 6.90. The number of nitrogens with zero attached hydrogens (tertiary/aromatic N) is 2. The normalized spacial score (nSPS) is 15.0. The van der Waals surface area contributed by atoms with Crippen molar-refractivity contribution >= 4 is 58.5 Å². The molecule has 0 aliphatic carbocycles. The van der Waals surface area contributed by atoms with Crippen LogP contribution < -0.4 is 15.0 Å². The highest BCUT2D eigenvalue weighted by Crippen LogP contribution is 2.35. The lowest BCUT2D eigenvalue weighted by Crippen LogP contribution is -2.54. The van der Waals surface area contributed by atoms with E-state index in [-0.39, 0.29) is 27.0 Å². The van der Waals surface area contributed by atoms with Gasteiger partial charge in [-0.1, -0.05) is 55.5 Å². The maximum atomic E-state index is 13.0. The van der Waals surface area contributed by atoms with Crippen molar-refractivity contribution in [3.63, 3.8) is 0 Å². The molecule has 1 heterocycles. The Labute approximate surface area is 205 Å². The number of barbiturate groups is 1. The molecule has 0 saturated carbocycles. The van der Waals surface area contributed by atoms with Crippen LogP contribution in [0.1, 0.15) is 38.2 Å². The van der Waals surface area contributed by atoms with Gasteiger partial charge in [0.2, 0.25) is 0 Å². The number of urea groups is 1. The maximum Gasteiger partial charge on any atom is 0.335 e. The standard InChI is InChI=1S/C23H21Cl2N3O6/c1-2-3-4-5-9-34-20-18(24)11-14(12-19(20)25)10-17-21(29)26-23(31)27(22(17)30)15-7-6-8-16(13-15)28(32)33/h6-8,10-13H,2-5,9H2,1H3,(H,26,29,31)/b17-10-. The van der Waals surface area contributed by atoms with Crippen LogP contribution in [-0.4, -0.2) is 29.4 Å². The van der Waals surface area contributed by atoms with Crippen molar-refractivity contribution in [1.82, 2.24) is 5.32 Å². The number of rotatable bonds is 9. The van der Waals surface area contributed by atoms with Crippen LogP contribution in [0.2, 0.25) is 10.0 Å². The first-order valence-electron chi connectivity index (χ1n) is 10.5. The molecule has 0 atom stereocenters. The summed E-state index contributed by atoms with van der Waals surface area (Å²) >= 11 is 12.6. The molecule has 0 spiro atoms. The topological polar surface area (TPSA) is 119 Å². The monoisotopic (exact) mass is 505 g/mol. The molecular formula is C23H21Cl2N3O6. The van der Waals surface area contributed by atoms with Gasteiger partial charge in [-0.3, -0.25) is 25.0 Å². The zero-order valence-electron chi connectivity index (χ0n) is 18.2. The molecule has 0 aromatic heterocycles. The third-order valence-electron chi connectivity index (χ3n) is 4.98. The second-order valence-corrected chi connectivity index (χ2v) is 8.27. The maximum absolute atomic E-state index is 13.0. The van der Waals surface area contributed by atoms with Crippen LogP contribution >= 0.6 is 23.2 Å². The number of nitro groups is 1. The number of nitro benzene ring substituents is 1. The molecule has 0 bridgehead atoms. The Morgan fingerprint density at radius 1 is 1.09 bits per heavy atom. The number of amides is 4. The van der Waals surface area contributed by atoms with E-state index in [0.717, 1.165) is 31.7 Å². The van der Waals surface area contributed by atoms with Crippen LogP contribution in [-0.2, 0) is 9.59 Å². The van der Waals surface area contributed by atoms with Crippen molar-refractivity contribution in [2.75, 3.05) is 11.5 Å². The highest BCUT2D eigenvalue weighted by molar-refractivity contribution is 6.40. The molecule has 2 aromatic rings. The molecule has 34 heavy (non-hydrogen) atoms. The zero-order valence-corrected chi connectivity index (χ0v) is 19.7. The van der Waals surface area contributed by atoms with Crippen molar-refractivity contribution in [2.45, 2.75) is 32.6 Å². The number of unbranched alkanes of at least 4 members (excludes halogenated alkanes) is 3. The summed E-state index contributed by atoms with van der Waals surface area (Å²) in [6.07, 6.45) is 5.30. The van der Waals surface area contributed by atoms with Crippen LogP contribution in [0.15, 0.2) is 42.0 Å². The summed E-state index contributed by atoms with van der Waals surface area (Å²) in [5.41, 5.74) is -0.408. The van der Waals surface area contributed by atoms with E-state index >= 15 is 0 Å². The molecule has 11 heteroatoms. The van der Waals surface area contributed by atoms with E-state index < -0.39 is 22.8 Å². The summed E-state index contributed by atoms with van der Waals surface area (Å²) < 4.78 is 5.68. The number of anilines is 1. The Bertz CT molecular complexity index is 1160. The minimum atomic E-state index is -1.02. The van der Waals surface area contributed by atoms with E-state index in [0.29, 0.717) is 22.8 Å². The third-order valence-corrected chi connectivity index (χ3v) is 5.54. The van der Waals surface area contributed by atoms with E-state index in [4.69, 9.17) is 27.9 Å². The quantitative estimate of drug-likeness (QED) is 0.157. The molecule has 1 N–H and O–H groups in total. The number of benzene rings is 2. The van der Waals surface area contributed by atoms with E-state index in [2.05, 4.69) is 12.2 Å². The molecule has 9 nitrogen and oxygen atoms in total. The zero-order chi connectivity index (χ0) is 24.8. The Morgan fingerprint density at radius 2 is 1.79 bits per heavy atom. The lowest BCUT2D eigenvalue weighted by molar-refractivity contribution is -0.384. The Kier molecular flexibility index (Phi) is 8.25. The van der Waals surface area contributed by atoms with Crippen molar-refractivity contribution in [2.24, 2.45) is 0 Å². The minimum Gasteiger partial charge on any atom is -0.490 e. The summed E-state index contributed by atoms with van der Waals surface area (Å²) in [4.78, 5) is 48.8. The molecule has 1 saturated heterocycles. The molecule has 1 aliphatic rings. The van der Waals surface area contributed by atoms with Gasteiger partial charge in [-0.15, -0.1) is 0 Å². The lowest BCUT2D eigenvalue weighted by atomic mass is 10.1. The first kappa shape index (κ1) is 25.2. The predicted molar refractivity (Wildman–Crippen MR) is 128 cm³/mol. The van der Waals surface area contributed by atoms with Gasteiger partial charge < -0.3 is 4.74 Å². The lowest BCUT2D eigenvalue weighted by Gasteiger charge is -2.26. The summed E-state index contributed by atoms with van der Waals surface area (Å²) in [7, 11) is 0. The minimum absolute atomic E-state index is 0.0574. The fourth-order valence-electron chi connectivity index (χ4n) is 3.31. The Morgan fingerprint density at radius 3 is 2.44 bits per heavy atom. The van der Waals surface area contributed by atoms with E-state index in [9.17, 15) is 24.5 Å². The van der Waals surface area contributed by atoms with Crippen molar-refractivity contribution in [3.05, 3.63) is 67.7 Å². The van der Waals surface area contributed by atoms with Crippen LogP contribution in [0.3, 0.4) is 0 Å². The number of nitrogens with one attached hydrogen (secondary N) is 1. The predicted octanol–water partition coefficient (Wildman–Crippen LogP) is 5.53. The highest BCUT2D eigenvalue weighted by atomic mass is 35.5. The van der Waals surface area contributed by atoms with Gasteiger partial charge in [-0.2, -0.15) is 0 Å². The summed E-state index contributed by atoms with van der Waals surface area (Å²) in [5, 5.41) is 13.5. The first-order valence-corrected chi connectivity index (χ1v) is 11.3. The molecule has 4 amide bonds. The van der Waals surface area contributed by atoms with E-state index in [1.165, 1.54) is 36.4 Å². The van der Waals surface area contributed by atoms with Crippen molar-refractivity contribution in [3.8, 4) is 5.75 Å². The van der Waals surface area contributed by atoms with Gasteiger partial charge in [-0.05, 0) is 36.3 Å².